The van der Waals surface area contributed by atoms with Crippen molar-refractivity contribution in [1.82, 2.24) is 25.0 Å². The summed E-state index contributed by atoms with van der Waals surface area (Å²) in [6, 6.07) is 8.76. The zero-order chi connectivity index (χ0) is 17.8. The summed E-state index contributed by atoms with van der Waals surface area (Å²) in [4.78, 5) is 9.40. The minimum Gasteiger partial charge on any atom is -0.494 e. The molecule has 0 unspecified atom stereocenters. The van der Waals surface area contributed by atoms with Crippen molar-refractivity contribution in [2.24, 2.45) is 0 Å². The van der Waals surface area contributed by atoms with Crippen molar-refractivity contribution in [3.05, 3.63) is 41.5 Å². The molecular weight excluding hydrogens is 314 g/mol. The highest BCUT2D eigenvalue weighted by Gasteiger charge is 2.34. The number of H-pyrrole nitrogens is 1. The number of ether oxygens (including phenoxy) is 1. The Bertz CT molecular complexity index is 684. The number of nitrogens with one attached hydrogen (secondary N) is 1. The molecule has 3 rings (SSSR count). The molecule has 2 heterocycles. The van der Waals surface area contributed by atoms with Crippen LogP contribution in [0, 0.1) is 6.92 Å². The van der Waals surface area contributed by atoms with Crippen molar-refractivity contribution in [3.8, 4) is 5.75 Å². The van der Waals surface area contributed by atoms with E-state index >= 15 is 0 Å². The second-order valence-corrected chi connectivity index (χ2v) is 6.98. The Morgan fingerprint density at radius 1 is 1.32 bits per heavy atom. The minimum absolute atomic E-state index is 0.373. The minimum atomic E-state index is 0.373. The second kappa shape index (κ2) is 7.97. The Labute approximate surface area is 150 Å². The van der Waals surface area contributed by atoms with Crippen LogP contribution < -0.4 is 4.74 Å². The van der Waals surface area contributed by atoms with Gasteiger partial charge < -0.3 is 9.64 Å². The number of hydrogen-bond donors (Lipinski definition) is 1. The summed E-state index contributed by atoms with van der Waals surface area (Å²) >= 11 is 0. The first-order valence-corrected chi connectivity index (χ1v) is 9.07. The lowest BCUT2D eigenvalue weighted by atomic mass is 9.89. The maximum absolute atomic E-state index is 5.78. The van der Waals surface area contributed by atoms with Gasteiger partial charge >= 0.3 is 0 Å². The molecular formula is C19H29N5O. The molecule has 2 aromatic rings. The van der Waals surface area contributed by atoms with Crippen molar-refractivity contribution < 1.29 is 4.74 Å². The summed E-state index contributed by atoms with van der Waals surface area (Å²) in [5, 5.41) is 7.41. The van der Waals surface area contributed by atoms with Crippen LogP contribution >= 0.6 is 0 Å². The van der Waals surface area contributed by atoms with E-state index in [1.165, 1.54) is 5.56 Å². The van der Waals surface area contributed by atoms with E-state index in [2.05, 4.69) is 57.3 Å². The quantitative estimate of drug-likeness (QED) is 0.873. The third-order valence-corrected chi connectivity index (χ3v) is 4.94. The smallest absolute Gasteiger partial charge is 0.155 e. The van der Waals surface area contributed by atoms with Crippen LogP contribution in [0.4, 0.5) is 0 Å². The topological polar surface area (TPSA) is 57.3 Å². The molecule has 0 aliphatic carbocycles. The summed E-state index contributed by atoms with van der Waals surface area (Å²) in [6.45, 7) is 7.66. The SMILES string of the molecule is CCOc1ccccc1CN1CC[C@H](c2n[nH]c(C)n2)[C@H](N(C)C)C1. The zero-order valence-electron chi connectivity index (χ0n) is 15.7. The Morgan fingerprint density at radius 2 is 2.12 bits per heavy atom. The fraction of sp³-hybridized carbons (Fsp3) is 0.579. The number of likely N-dealkylation sites (N-methyl/N-ethyl adjacent to an activating group) is 1. The number of likely N-dealkylation sites (tertiary alicyclic amines) is 1. The van der Waals surface area contributed by atoms with Gasteiger partial charge in [-0.15, -0.1) is 0 Å². The molecule has 1 aliphatic rings. The first-order chi connectivity index (χ1) is 12.1. The maximum atomic E-state index is 5.78. The molecule has 6 heteroatoms. The van der Waals surface area contributed by atoms with Crippen LogP contribution in [-0.4, -0.2) is 64.8 Å². The molecule has 1 aromatic carbocycles. The molecule has 0 radical (unpaired) electrons. The second-order valence-electron chi connectivity index (χ2n) is 6.98. The Morgan fingerprint density at radius 3 is 2.80 bits per heavy atom. The van der Waals surface area contributed by atoms with Crippen molar-refractivity contribution in [2.45, 2.75) is 38.8 Å². The van der Waals surface area contributed by atoms with Crippen LogP contribution in [0.15, 0.2) is 24.3 Å². The van der Waals surface area contributed by atoms with Crippen LogP contribution in [0.3, 0.4) is 0 Å². The normalized spacial score (nSPS) is 21.6. The average Bonchev–Trinajstić information content (AvgIpc) is 3.03. The van der Waals surface area contributed by atoms with Crippen LogP contribution in [-0.2, 0) is 6.54 Å². The van der Waals surface area contributed by atoms with Gasteiger partial charge in [-0.25, -0.2) is 4.98 Å². The first-order valence-electron chi connectivity index (χ1n) is 9.07. The lowest BCUT2D eigenvalue weighted by Crippen LogP contribution is -2.49. The highest BCUT2D eigenvalue weighted by molar-refractivity contribution is 5.33. The summed E-state index contributed by atoms with van der Waals surface area (Å²) < 4.78 is 5.78. The highest BCUT2D eigenvalue weighted by Crippen LogP contribution is 2.30. The zero-order valence-corrected chi connectivity index (χ0v) is 15.7. The van der Waals surface area contributed by atoms with E-state index in [0.717, 1.165) is 43.5 Å². The van der Waals surface area contributed by atoms with Gasteiger partial charge in [-0.1, -0.05) is 18.2 Å². The van der Waals surface area contributed by atoms with Gasteiger partial charge in [0.2, 0.25) is 0 Å². The number of aryl methyl sites for hydroxylation is 1. The molecule has 136 valence electrons. The maximum Gasteiger partial charge on any atom is 0.155 e. The van der Waals surface area contributed by atoms with Gasteiger partial charge in [-0.2, -0.15) is 5.10 Å². The van der Waals surface area contributed by atoms with Gasteiger partial charge in [0.05, 0.1) is 6.61 Å². The van der Waals surface area contributed by atoms with Gasteiger partial charge in [0.25, 0.3) is 0 Å². The number of nitrogens with zero attached hydrogens (tertiary/aromatic N) is 4. The molecule has 6 nitrogen and oxygen atoms in total. The van der Waals surface area contributed by atoms with E-state index in [-0.39, 0.29) is 0 Å². The number of benzene rings is 1. The molecule has 1 aromatic heterocycles. The number of aromatic nitrogens is 3. The van der Waals surface area contributed by atoms with E-state index in [0.29, 0.717) is 18.6 Å². The molecule has 0 saturated carbocycles. The van der Waals surface area contributed by atoms with Crippen LogP contribution in [0.25, 0.3) is 0 Å². The van der Waals surface area contributed by atoms with Crippen molar-refractivity contribution >= 4 is 0 Å². The van der Waals surface area contributed by atoms with E-state index < -0.39 is 0 Å². The van der Waals surface area contributed by atoms with Crippen LogP contribution in [0.1, 0.15) is 36.5 Å². The highest BCUT2D eigenvalue weighted by atomic mass is 16.5. The van der Waals surface area contributed by atoms with E-state index in [4.69, 9.17) is 4.74 Å². The molecule has 1 aliphatic heterocycles. The number of aromatic amines is 1. The van der Waals surface area contributed by atoms with E-state index in [1.807, 2.05) is 19.9 Å². The number of hydrogen-bond acceptors (Lipinski definition) is 5. The van der Waals surface area contributed by atoms with E-state index in [1.54, 1.807) is 0 Å². The fourth-order valence-electron chi connectivity index (χ4n) is 3.66. The molecule has 0 spiro atoms. The third kappa shape index (κ3) is 4.19. The standard InChI is InChI=1S/C19H29N5O/c1-5-25-18-9-7-6-8-15(18)12-24-11-10-16(17(13-24)23(3)4)19-20-14(2)21-22-19/h6-9,16-17H,5,10-13H2,1-4H3,(H,20,21,22)/t16-,17+/m0/s1. The number of para-hydroxylation sites is 1. The summed E-state index contributed by atoms with van der Waals surface area (Å²) in [7, 11) is 4.30. The Kier molecular flexibility index (Phi) is 5.71. The summed E-state index contributed by atoms with van der Waals surface area (Å²) in [6.07, 6.45) is 1.07. The van der Waals surface area contributed by atoms with Crippen LogP contribution in [0.2, 0.25) is 0 Å². The van der Waals surface area contributed by atoms with Gasteiger partial charge in [-0.05, 0) is 47.0 Å². The lowest BCUT2D eigenvalue weighted by Gasteiger charge is -2.40. The molecule has 2 atom stereocenters. The van der Waals surface area contributed by atoms with Crippen LogP contribution in [0.5, 0.6) is 5.75 Å². The third-order valence-electron chi connectivity index (χ3n) is 4.94. The monoisotopic (exact) mass is 343 g/mol. The lowest BCUT2D eigenvalue weighted by molar-refractivity contribution is 0.104. The molecule has 1 fully saturated rings. The summed E-state index contributed by atoms with van der Waals surface area (Å²) in [5.41, 5.74) is 1.26. The molecule has 0 amide bonds. The van der Waals surface area contributed by atoms with Gasteiger partial charge in [0.1, 0.15) is 11.6 Å². The van der Waals surface area contributed by atoms with Crippen molar-refractivity contribution in [3.63, 3.8) is 0 Å². The Balaban J connectivity index is 1.72. The van der Waals surface area contributed by atoms with Gasteiger partial charge in [0, 0.05) is 30.6 Å². The molecule has 1 saturated heterocycles. The number of rotatable bonds is 6. The van der Waals surface area contributed by atoms with Crippen molar-refractivity contribution in [2.75, 3.05) is 33.8 Å². The Hall–Kier alpha value is -1.92. The van der Waals surface area contributed by atoms with Gasteiger partial charge in [-0.3, -0.25) is 10.00 Å². The summed E-state index contributed by atoms with van der Waals surface area (Å²) in [5.74, 6) is 3.21. The average molecular weight is 343 g/mol. The largest absolute Gasteiger partial charge is 0.494 e. The molecule has 0 bridgehead atoms. The predicted octanol–water partition coefficient (Wildman–Crippen LogP) is 2.43. The molecule has 1 N–H and O–H groups in total. The first kappa shape index (κ1) is 17.9. The van der Waals surface area contributed by atoms with Gasteiger partial charge in [0.15, 0.2) is 5.82 Å². The molecule has 25 heavy (non-hydrogen) atoms. The van der Waals surface area contributed by atoms with Crippen molar-refractivity contribution in [1.29, 1.82) is 0 Å². The fourth-order valence-corrected chi connectivity index (χ4v) is 3.66. The van der Waals surface area contributed by atoms with E-state index in [9.17, 15) is 0 Å². The number of piperidine rings is 1. The predicted molar refractivity (Wildman–Crippen MR) is 98.8 cm³/mol.